The molecule has 2 aromatic rings. The maximum atomic E-state index is 9.85. The van der Waals surface area contributed by atoms with Crippen LogP contribution in [0.25, 0.3) is 10.9 Å². The first-order valence-electron chi connectivity index (χ1n) is 5.26. The zero-order valence-electron chi connectivity index (χ0n) is 8.35. The zero-order valence-corrected chi connectivity index (χ0v) is 8.35. The van der Waals surface area contributed by atoms with Gasteiger partial charge in [-0.15, -0.1) is 0 Å². The van der Waals surface area contributed by atoms with Gasteiger partial charge in [0.2, 0.25) is 0 Å². The van der Waals surface area contributed by atoms with Crippen molar-refractivity contribution in [2.75, 3.05) is 0 Å². The fourth-order valence-electron chi connectivity index (χ4n) is 2.38. The molecule has 0 radical (unpaired) electrons. The Morgan fingerprint density at radius 3 is 3.00 bits per heavy atom. The molecule has 1 aliphatic rings. The summed E-state index contributed by atoms with van der Waals surface area (Å²) < 4.78 is 2.10. The molecule has 0 aliphatic carbocycles. The molecule has 2 N–H and O–H groups in total. The second kappa shape index (κ2) is 3.00. The van der Waals surface area contributed by atoms with Gasteiger partial charge in [-0.2, -0.15) is 0 Å². The van der Waals surface area contributed by atoms with Crippen LogP contribution in [0.3, 0.4) is 0 Å². The third kappa shape index (κ3) is 1.23. The van der Waals surface area contributed by atoms with Gasteiger partial charge in [-0.1, -0.05) is 0 Å². The molecule has 3 rings (SSSR count). The Balaban J connectivity index is 2.31. The molecule has 1 atom stereocenters. The maximum Gasteiger partial charge on any atom is 0.117 e. The second-order valence-electron chi connectivity index (χ2n) is 4.12. The monoisotopic (exact) mass is 203 g/mol. The Bertz CT molecular complexity index is 516. The number of aryl methyl sites for hydroxylation is 1. The number of rotatable bonds is 0. The number of phenolic OH excluding ortho intramolecular Hbond substituents is 1. The number of aromatic nitrogens is 1. The fraction of sp³-hybridized carbons (Fsp3) is 0.333. The van der Waals surface area contributed by atoms with Crippen LogP contribution in [0.4, 0.5) is 0 Å². The molecule has 0 spiro atoms. The number of hydrogen-bond acceptors (Lipinski definition) is 2. The fourth-order valence-corrected chi connectivity index (χ4v) is 2.38. The molecule has 0 amide bonds. The molecule has 1 unspecified atom stereocenters. The van der Waals surface area contributed by atoms with E-state index in [1.165, 1.54) is 0 Å². The van der Waals surface area contributed by atoms with Crippen molar-refractivity contribution in [2.45, 2.75) is 25.5 Å². The Morgan fingerprint density at radius 1 is 1.27 bits per heavy atom. The van der Waals surface area contributed by atoms with Crippen LogP contribution in [-0.2, 0) is 6.54 Å². The number of benzene rings is 1. The van der Waals surface area contributed by atoms with E-state index >= 15 is 0 Å². The van der Waals surface area contributed by atoms with E-state index in [9.17, 15) is 10.2 Å². The molecule has 1 aliphatic heterocycles. The van der Waals surface area contributed by atoms with E-state index < -0.39 is 0 Å². The molecule has 1 aromatic carbocycles. The predicted molar refractivity (Wildman–Crippen MR) is 57.8 cm³/mol. The minimum atomic E-state index is -0.353. The lowest BCUT2D eigenvalue weighted by Gasteiger charge is -2.20. The maximum absolute atomic E-state index is 9.85. The summed E-state index contributed by atoms with van der Waals surface area (Å²) >= 11 is 0. The van der Waals surface area contributed by atoms with Gasteiger partial charge in [-0.3, -0.25) is 0 Å². The first kappa shape index (κ1) is 8.80. The normalized spacial score (nSPS) is 20.5. The summed E-state index contributed by atoms with van der Waals surface area (Å²) in [6.45, 7) is 0.930. The highest BCUT2D eigenvalue weighted by molar-refractivity contribution is 5.83. The third-order valence-corrected chi connectivity index (χ3v) is 3.12. The van der Waals surface area contributed by atoms with Crippen molar-refractivity contribution >= 4 is 10.9 Å². The number of phenols is 1. The smallest absolute Gasteiger partial charge is 0.117 e. The number of nitrogens with zero attached hydrogens (tertiary/aromatic N) is 1. The number of aliphatic hydroxyl groups excluding tert-OH is 1. The van der Waals surface area contributed by atoms with Gasteiger partial charge in [0.25, 0.3) is 0 Å². The summed E-state index contributed by atoms with van der Waals surface area (Å²) in [6.07, 6.45) is 1.48. The molecule has 0 fully saturated rings. The standard InChI is InChI=1S/C12H13NO2/c14-9-4-3-8-6-11-12(15)2-1-5-13(11)10(8)7-9/h3-4,6-7,12,14-15H,1-2,5H2. The summed E-state index contributed by atoms with van der Waals surface area (Å²) in [5.41, 5.74) is 1.99. The van der Waals surface area contributed by atoms with Crippen LogP contribution in [0.5, 0.6) is 5.75 Å². The van der Waals surface area contributed by atoms with E-state index in [-0.39, 0.29) is 11.9 Å². The highest BCUT2D eigenvalue weighted by Crippen LogP contribution is 2.32. The molecule has 15 heavy (non-hydrogen) atoms. The van der Waals surface area contributed by atoms with Crippen LogP contribution in [0.2, 0.25) is 0 Å². The largest absolute Gasteiger partial charge is 0.508 e. The van der Waals surface area contributed by atoms with Gasteiger partial charge in [0.05, 0.1) is 11.6 Å². The van der Waals surface area contributed by atoms with Crippen LogP contribution >= 0.6 is 0 Å². The number of aliphatic hydroxyl groups is 1. The molecule has 0 saturated heterocycles. The highest BCUT2D eigenvalue weighted by atomic mass is 16.3. The van der Waals surface area contributed by atoms with Gasteiger partial charge in [0.15, 0.2) is 0 Å². The van der Waals surface area contributed by atoms with Crippen LogP contribution in [-0.4, -0.2) is 14.8 Å². The van der Waals surface area contributed by atoms with E-state index in [4.69, 9.17) is 0 Å². The minimum absolute atomic E-state index is 0.281. The van der Waals surface area contributed by atoms with Gasteiger partial charge in [-0.25, -0.2) is 0 Å². The van der Waals surface area contributed by atoms with Crippen molar-refractivity contribution in [1.29, 1.82) is 0 Å². The summed E-state index contributed by atoms with van der Waals surface area (Å²) in [5.74, 6) is 0.281. The first-order valence-corrected chi connectivity index (χ1v) is 5.26. The van der Waals surface area contributed by atoms with E-state index in [2.05, 4.69) is 4.57 Å². The number of hydrogen-bond donors (Lipinski definition) is 2. The van der Waals surface area contributed by atoms with Crippen molar-refractivity contribution in [1.82, 2.24) is 4.57 Å². The van der Waals surface area contributed by atoms with Crippen molar-refractivity contribution in [2.24, 2.45) is 0 Å². The number of fused-ring (bicyclic) bond motifs is 3. The topological polar surface area (TPSA) is 45.4 Å². The second-order valence-corrected chi connectivity index (χ2v) is 4.12. The van der Waals surface area contributed by atoms with Crippen LogP contribution in [0, 0.1) is 0 Å². The lowest BCUT2D eigenvalue weighted by Crippen LogP contribution is -2.14. The molecule has 3 heteroatoms. The Labute approximate surface area is 87.6 Å². The van der Waals surface area contributed by atoms with Crippen LogP contribution in [0.1, 0.15) is 24.6 Å². The Morgan fingerprint density at radius 2 is 2.13 bits per heavy atom. The average Bonchev–Trinajstić information content (AvgIpc) is 2.58. The van der Waals surface area contributed by atoms with E-state index in [0.717, 1.165) is 36.0 Å². The van der Waals surface area contributed by atoms with Crippen LogP contribution < -0.4 is 0 Å². The van der Waals surface area contributed by atoms with Gasteiger partial charge in [0.1, 0.15) is 5.75 Å². The Hall–Kier alpha value is -1.48. The molecule has 78 valence electrons. The number of aromatic hydroxyl groups is 1. The van der Waals surface area contributed by atoms with Crippen molar-refractivity contribution in [3.63, 3.8) is 0 Å². The predicted octanol–water partition coefficient (Wildman–Crippen LogP) is 2.17. The third-order valence-electron chi connectivity index (χ3n) is 3.12. The lowest BCUT2D eigenvalue weighted by molar-refractivity contribution is 0.140. The highest BCUT2D eigenvalue weighted by Gasteiger charge is 2.20. The Kier molecular flexibility index (Phi) is 1.76. The molecule has 0 saturated carbocycles. The summed E-state index contributed by atoms with van der Waals surface area (Å²) in [5, 5.41) is 20.4. The molecule has 1 aromatic heterocycles. The average molecular weight is 203 g/mol. The molecule has 0 bridgehead atoms. The summed E-state index contributed by atoms with van der Waals surface area (Å²) in [4.78, 5) is 0. The van der Waals surface area contributed by atoms with E-state index in [1.54, 1.807) is 12.1 Å². The molecule has 3 nitrogen and oxygen atoms in total. The summed E-state index contributed by atoms with van der Waals surface area (Å²) in [6, 6.07) is 7.35. The van der Waals surface area contributed by atoms with E-state index in [1.807, 2.05) is 12.1 Å². The lowest BCUT2D eigenvalue weighted by atomic mass is 10.1. The SMILES string of the molecule is Oc1ccc2cc3n(c2c1)CCCC3O. The zero-order chi connectivity index (χ0) is 10.4. The molecular formula is C12H13NO2. The quantitative estimate of drug-likeness (QED) is 0.689. The van der Waals surface area contributed by atoms with Crippen LogP contribution in [0.15, 0.2) is 24.3 Å². The molecule has 2 heterocycles. The first-order chi connectivity index (χ1) is 7.25. The van der Waals surface area contributed by atoms with Crippen molar-refractivity contribution < 1.29 is 10.2 Å². The van der Waals surface area contributed by atoms with Gasteiger partial charge < -0.3 is 14.8 Å². The molecular weight excluding hydrogens is 190 g/mol. The van der Waals surface area contributed by atoms with Gasteiger partial charge >= 0.3 is 0 Å². The summed E-state index contributed by atoms with van der Waals surface area (Å²) in [7, 11) is 0. The van der Waals surface area contributed by atoms with Gasteiger partial charge in [-0.05, 0) is 31.0 Å². The van der Waals surface area contributed by atoms with Crippen molar-refractivity contribution in [3.05, 3.63) is 30.0 Å². The van der Waals surface area contributed by atoms with Gasteiger partial charge in [0, 0.05) is 23.7 Å². The van der Waals surface area contributed by atoms with E-state index in [0.29, 0.717) is 0 Å². The minimum Gasteiger partial charge on any atom is -0.508 e. The van der Waals surface area contributed by atoms with Crippen molar-refractivity contribution in [3.8, 4) is 5.75 Å².